The summed E-state index contributed by atoms with van der Waals surface area (Å²) in [4.78, 5) is 0. The number of aryl methyl sites for hydroxylation is 1. The number of hydrogen-bond acceptors (Lipinski definition) is 1. The molecule has 0 aromatic heterocycles. The fraction of sp³-hybridized carbons (Fsp3) is 0.571. The largest absolute Gasteiger partial charge is 0.328 e. The number of hydrogen-bond donors (Lipinski definition) is 1. The Balaban J connectivity index is 2.85. The van der Waals surface area contributed by atoms with Crippen LogP contribution < -0.4 is 5.73 Å². The minimum Gasteiger partial charge on any atom is -0.328 e. The molecule has 1 aromatic rings. The number of benzene rings is 1. The SMILES string of the molecule is CCc1ccc(C(C)(C)CC(C)N)cc1. The Bertz CT molecular complexity index is 296. The van der Waals surface area contributed by atoms with Gasteiger partial charge in [-0.25, -0.2) is 0 Å². The molecule has 0 radical (unpaired) electrons. The monoisotopic (exact) mass is 205 g/mol. The molecule has 0 spiro atoms. The zero-order chi connectivity index (χ0) is 11.5. The molecule has 0 aliphatic rings. The number of nitrogens with two attached hydrogens (primary N) is 1. The van der Waals surface area contributed by atoms with Gasteiger partial charge in [0.2, 0.25) is 0 Å². The second-order valence-corrected chi connectivity index (χ2v) is 5.12. The molecule has 0 fully saturated rings. The van der Waals surface area contributed by atoms with Crippen LogP contribution in [0.15, 0.2) is 24.3 Å². The standard InChI is InChI=1S/C14H23N/c1-5-12-6-8-13(9-7-12)14(3,4)10-11(2)15/h6-9,11H,5,10,15H2,1-4H3. The molecule has 0 aliphatic carbocycles. The molecule has 15 heavy (non-hydrogen) atoms. The summed E-state index contributed by atoms with van der Waals surface area (Å²) in [6.07, 6.45) is 2.13. The maximum Gasteiger partial charge on any atom is 0.00187 e. The summed E-state index contributed by atoms with van der Waals surface area (Å²) < 4.78 is 0. The summed E-state index contributed by atoms with van der Waals surface area (Å²) in [5.41, 5.74) is 8.84. The molecular formula is C14H23N. The molecule has 0 saturated carbocycles. The van der Waals surface area contributed by atoms with Crippen LogP contribution in [-0.4, -0.2) is 6.04 Å². The first kappa shape index (κ1) is 12.3. The van der Waals surface area contributed by atoms with Crippen LogP contribution in [0.3, 0.4) is 0 Å². The van der Waals surface area contributed by atoms with Crippen LogP contribution in [0.5, 0.6) is 0 Å². The van der Waals surface area contributed by atoms with Gasteiger partial charge in [0.1, 0.15) is 0 Å². The van der Waals surface area contributed by atoms with Crippen molar-refractivity contribution in [1.29, 1.82) is 0 Å². The normalized spacial score (nSPS) is 13.9. The summed E-state index contributed by atoms with van der Waals surface area (Å²) >= 11 is 0. The molecule has 1 heteroatoms. The third-order valence-electron chi connectivity index (χ3n) is 2.98. The lowest BCUT2D eigenvalue weighted by atomic mass is 9.79. The van der Waals surface area contributed by atoms with Crippen molar-refractivity contribution in [3.63, 3.8) is 0 Å². The molecule has 2 N–H and O–H groups in total. The van der Waals surface area contributed by atoms with Gasteiger partial charge in [0.25, 0.3) is 0 Å². The van der Waals surface area contributed by atoms with Crippen molar-refractivity contribution < 1.29 is 0 Å². The van der Waals surface area contributed by atoms with Gasteiger partial charge in [-0.05, 0) is 36.3 Å². The van der Waals surface area contributed by atoms with Crippen LogP contribution in [0.1, 0.15) is 45.2 Å². The van der Waals surface area contributed by atoms with Gasteiger partial charge in [0, 0.05) is 6.04 Å². The molecule has 0 heterocycles. The van der Waals surface area contributed by atoms with E-state index < -0.39 is 0 Å². The maximum atomic E-state index is 5.87. The van der Waals surface area contributed by atoms with Gasteiger partial charge in [-0.2, -0.15) is 0 Å². The Morgan fingerprint density at radius 2 is 1.73 bits per heavy atom. The zero-order valence-corrected chi connectivity index (χ0v) is 10.4. The van der Waals surface area contributed by atoms with E-state index in [1.54, 1.807) is 0 Å². The minimum atomic E-state index is 0.181. The van der Waals surface area contributed by atoms with Crippen molar-refractivity contribution in [2.75, 3.05) is 0 Å². The van der Waals surface area contributed by atoms with E-state index in [0.717, 1.165) is 12.8 Å². The lowest BCUT2D eigenvalue weighted by Gasteiger charge is -2.27. The highest BCUT2D eigenvalue weighted by atomic mass is 14.6. The van der Waals surface area contributed by atoms with Crippen molar-refractivity contribution in [3.05, 3.63) is 35.4 Å². The molecule has 1 unspecified atom stereocenters. The highest BCUT2D eigenvalue weighted by Gasteiger charge is 2.21. The second kappa shape index (κ2) is 4.80. The molecule has 84 valence electrons. The van der Waals surface area contributed by atoms with Crippen LogP contribution in [0.2, 0.25) is 0 Å². The van der Waals surface area contributed by atoms with Crippen LogP contribution in [0, 0.1) is 0 Å². The lowest BCUT2D eigenvalue weighted by molar-refractivity contribution is 0.437. The van der Waals surface area contributed by atoms with Gasteiger partial charge in [-0.15, -0.1) is 0 Å². The molecular weight excluding hydrogens is 182 g/mol. The fourth-order valence-corrected chi connectivity index (χ4v) is 2.11. The Morgan fingerprint density at radius 3 is 2.13 bits per heavy atom. The van der Waals surface area contributed by atoms with Gasteiger partial charge in [-0.1, -0.05) is 45.0 Å². The minimum absolute atomic E-state index is 0.181. The highest BCUT2D eigenvalue weighted by molar-refractivity contribution is 5.28. The zero-order valence-electron chi connectivity index (χ0n) is 10.4. The Morgan fingerprint density at radius 1 is 1.20 bits per heavy atom. The molecule has 1 rings (SSSR count). The van der Waals surface area contributed by atoms with E-state index in [1.807, 2.05) is 0 Å². The summed E-state index contributed by atoms with van der Waals surface area (Å²) in [5, 5.41) is 0. The summed E-state index contributed by atoms with van der Waals surface area (Å²) in [6, 6.07) is 9.17. The summed E-state index contributed by atoms with van der Waals surface area (Å²) in [7, 11) is 0. The van der Waals surface area contributed by atoms with Crippen molar-refractivity contribution in [2.45, 2.75) is 52.0 Å². The average molecular weight is 205 g/mol. The van der Waals surface area contributed by atoms with E-state index in [0.29, 0.717) is 0 Å². The first-order chi connectivity index (χ1) is 6.95. The Kier molecular flexibility index (Phi) is 3.92. The first-order valence-electron chi connectivity index (χ1n) is 5.80. The van der Waals surface area contributed by atoms with E-state index in [-0.39, 0.29) is 11.5 Å². The van der Waals surface area contributed by atoms with Gasteiger partial charge in [-0.3, -0.25) is 0 Å². The quantitative estimate of drug-likeness (QED) is 0.802. The molecule has 1 atom stereocenters. The van der Waals surface area contributed by atoms with Gasteiger partial charge in [0.05, 0.1) is 0 Å². The molecule has 0 aliphatic heterocycles. The summed E-state index contributed by atoms with van der Waals surface area (Å²) in [6.45, 7) is 8.78. The molecule has 0 amide bonds. The van der Waals surface area contributed by atoms with Crippen LogP contribution in [0.25, 0.3) is 0 Å². The van der Waals surface area contributed by atoms with Crippen molar-refractivity contribution >= 4 is 0 Å². The fourth-order valence-electron chi connectivity index (χ4n) is 2.11. The molecule has 1 nitrogen and oxygen atoms in total. The average Bonchev–Trinajstić information content (AvgIpc) is 2.16. The molecule has 1 aromatic carbocycles. The topological polar surface area (TPSA) is 26.0 Å². The first-order valence-corrected chi connectivity index (χ1v) is 5.80. The Hall–Kier alpha value is -0.820. The van der Waals surface area contributed by atoms with E-state index >= 15 is 0 Å². The second-order valence-electron chi connectivity index (χ2n) is 5.12. The van der Waals surface area contributed by atoms with Crippen LogP contribution >= 0.6 is 0 Å². The van der Waals surface area contributed by atoms with E-state index in [4.69, 9.17) is 5.73 Å². The lowest BCUT2D eigenvalue weighted by Crippen LogP contribution is -2.28. The Labute approximate surface area is 93.7 Å². The third-order valence-corrected chi connectivity index (χ3v) is 2.98. The van der Waals surface area contributed by atoms with Crippen LogP contribution in [-0.2, 0) is 11.8 Å². The predicted octanol–water partition coefficient (Wildman–Crippen LogP) is 3.26. The van der Waals surface area contributed by atoms with Crippen molar-refractivity contribution in [1.82, 2.24) is 0 Å². The van der Waals surface area contributed by atoms with E-state index in [1.165, 1.54) is 11.1 Å². The number of rotatable bonds is 4. The van der Waals surface area contributed by atoms with E-state index in [2.05, 4.69) is 52.0 Å². The maximum absolute atomic E-state index is 5.87. The van der Waals surface area contributed by atoms with Crippen molar-refractivity contribution in [2.24, 2.45) is 5.73 Å². The van der Waals surface area contributed by atoms with Crippen LogP contribution in [0.4, 0.5) is 0 Å². The predicted molar refractivity (Wildman–Crippen MR) is 67.1 cm³/mol. The molecule has 0 bridgehead atoms. The third kappa shape index (κ3) is 3.35. The molecule has 0 saturated heterocycles. The summed E-state index contributed by atoms with van der Waals surface area (Å²) in [5.74, 6) is 0. The van der Waals surface area contributed by atoms with Gasteiger partial charge >= 0.3 is 0 Å². The van der Waals surface area contributed by atoms with Gasteiger partial charge in [0.15, 0.2) is 0 Å². The van der Waals surface area contributed by atoms with Crippen molar-refractivity contribution in [3.8, 4) is 0 Å². The van der Waals surface area contributed by atoms with Gasteiger partial charge < -0.3 is 5.73 Å². The smallest absolute Gasteiger partial charge is 0.00187 e. The highest BCUT2D eigenvalue weighted by Crippen LogP contribution is 2.28. The van der Waals surface area contributed by atoms with E-state index in [9.17, 15) is 0 Å².